The van der Waals surface area contributed by atoms with E-state index in [1.165, 1.54) is 6.08 Å². The largest absolute Gasteiger partial charge is 0.346 e. The molecule has 0 radical (unpaired) electrons. The molecule has 4 N–H and O–H groups in total. The third kappa shape index (κ3) is 7.86. The van der Waals surface area contributed by atoms with Crippen molar-refractivity contribution in [2.75, 3.05) is 18.8 Å². The number of carbonyl (C=O) groups excluding carboxylic acids is 5. The number of sulfone groups is 1. The van der Waals surface area contributed by atoms with Gasteiger partial charge in [-0.3, -0.25) is 19.2 Å². The van der Waals surface area contributed by atoms with Gasteiger partial charge in [0.05, 0.1) is 22.1 Å². The molecule has 5 fully saturated rings. The van der Waals surface area contributed by atoms with E-state index in [0.29, 0.717) is 25.8 Å². The van der Waals surface area contributed by atoms with Crippen molar-refractivity contribution < 1.29 is 32.4 Å². The molecular formula is C36H57N5O7S. The number of nitrogens with one attached hydrogen (secondary N) is 4. The van der Waals surface area contributed by atoms with E-state index in [9.17, 15) is 32.4 Å². The van der Waals surface area contributed by atoms with Gasteiger partial charge < -0.3 is 26.2 Å². The lowest BCUT2D eigenvalue weighted by Gasteiger charge is -2.41. The molecule has 0 aromatic carbocycles. The molecule has 0 aromatic rings. The number of amides is 5. The van der Waals surface area contributed by atoms with Crippen LogP contribution in [-0.4, -0.2) is 90.1 Å². The van der Waals surface area contributed by atoms with E-state index >= 15 is 0 Å². The van der Waals surface area contributed by atoms with Crippen LogP contribution in [0.1, 0.15) is 106 Å². The van der Waals surface area contributed by atoms with E-state index in [0.717, 1.165) is 44.9 Å². The van der Waals surface area contributed by atoms with Gasteiger partial charge in [0.2, 0.25) is 17.6 Å². The highest BCUT2D eigenvalue weighted by Gasteiger charge is 2.79. The number of ketones is 1. The molecule has 1 saturated heterocycles. The number of nitrogens with zero attached hydrogens (tertiary/aromatic N) is 1. The number of piperidine rings is 1. The molecule has 1 unspecified atom stereocenters. The van der Waals surface area contributed by atoms with Gasteiger partial charge in [0.15, 0.2) is 9.84 Å². The zero-order chi connectivity index (χ0) is 36.2. The molecule has 1 spiro atoms. The summed E-state index contributed by atoms with van der Waals surface area (Å²) >= 11 is 0. The van der Waals surface area contributed by atoms with E-state index in [-0.39, 0.29) is 41.4 Å². The lowest BCUT2D eigenvalue weighted by Crippen LogP contribution is -2.64. The number of fused-ring (bicyclic) bond motifs is 3. The molecule has 12 nitrogen and oxygen atoms in total. The summed E-state index contributed by atoms with van der Waals surface area (Å²) in [6, 6.07) is -3.43. The van der Waals surface area contributed by atoms with Gasteiger partial charge >= 0.3 is 6.03 Å². The van der Waals surface area contributed by atoms with Crippen molar-refractivity contribution in [1.82, 2.24) is 26.2 Å². The normalized spacial score (nSPS) is 26.5. The van der Waals surface area contributed by atoms with Crippen LogP contribution in [0.3, 0.4) is 0 Å². The molecule has 274 valence electrons. The highest BCUT2D eigenvalue weighted by Crippen LogP contribution is 2.78. The average molecular weight is 704 g/mol. The number of carbonyl (C=O) groups is 5. The number of urea groups is 1. The van der Waals surface area contributed by atoms with Crippen molar-refractivity contribution in [3.8, 4) is 0 Å². The number of Topliss-reactive ketones (excluding diaryl/α,β-unsaturated/α-hetero) is 1. The first kappa shape index (κ1) is 37.3. The molecule has 0 bridgehead atoms. The summed E-state index contributed by atoms with van der Waals surface area (Å²) in [4.78, 5) is 69.7. The minimum Gasteiger partial charge on any atom is -0.346 e. The van der Waals surface area contributed by atoms with Crippen LogP contribution >= 0.6 is 0 Å². The van der Waals surface area contributed by atoms with Gasteiger partial charge in [-0.2, -0.15) is 0 Å². The Morgan fingerprint density at radius 3 is 2.10 bits per heavy atom. The van der Waals surface area contributed by atoms with Crippen molar-refractivity contribution in [3.63, 3.8) is 0 Å². The highest BCUT2D eigenvalue weighted by atomic mass is 32.2. The second-order valence-corrected chi connectivity index (χ2v) is 20.3. The Morgan fingerprint density at radius 1 is 0.939 bits per heavy atom. The fraction of sp³-hybridized carbons (Fsp3) is 0.806. The monoisotopic (exact) mass is 703 g/mol. The number of rotatable bonds is 13. The van der Waals surface area contributed by atoms with Gasteiger partial charge in [-0.1, -0.05) is 59.0 Å². The van der Waals surface area contributed by atoms with Crippen LogP contribution in [0.15, 0.2) is 12.7 Å². The van der Waals surface area contributed by atoms with Gasteiger partial charge in [0.25, 0.3) is 5.91 Å². The Kier molecular flexibility index (Phi) is 10.1. The van der Waals surface area contributed by atoms with Crippen LogP contribution in [-0.2, 0) is 29.0 Å². The molecule has 49 heavy (non-hydrogen) atoms. The van der Waals surface area contributed by atoms with Crippen LogP contribution in [0.5, 0.6) is 0 Å². The summed E-state index contributed by atoms with van der Waals surface area (Å²) in [5.41, 5.74) is -1.65. The maximum atomic E-state index is 14.5. The summed E-state index contributed by atoms with van der Waals surface area (Å²) < 4.78 is 25.6. The predicted molar refractivity (Wildman–Crippen MR) is 186 cm³/mol. The summed E-state index contributed by atoms with van der Waals surface area (Å²) in [7, 11) is -3.56. The van der Waals surface area contributed by atoms with Crippen molar-refractivity contribution in [3.05, 3.63) is 12.7 Å². The lowest BCUT2D eigenvalue weighted by molar-refractivity contribution is -0.145. The first-order chi connectivity index (χ1) is 22.8. The summed E-state index contributed by atoms with van der Waals surface area (Å²) in [5, 5.41) is 11.3. The van der Waals surface area contributed by atoms with Crippen LogP contribution < -0.4 is 21.3 Å². The Morgan fingerprint density at radius 2 is 1.57 bits per heavy atom. The molecule has 5 atom stereocenters. The predicted octanol–water partition coefficient (Wildman–Crippen LogP) is 3.01. The van der Waals surface area contributed by atoms with Gasteiger partial charge in [-0.15, -0.1) is 6.58 Å². The first-order valence-electron chi connectivity index (χ1n) is 18.1. The SMILES string of the molecule is C=CCNC(=O)C(=O)C(CC1CC1)NC(=O)[C@@H]1[C@@H]2[C@H](CN1C(=O)[C@@H](NC(=O)NC1(CS(=O)(=O)C(C)(C)C)CCCCC1)C(C)(C)C)C21CC1. The van der Waals surface area contributed by atoms with Crippen molar-refractivity contribution in [2.24, 2.45) is 28.6 Å². The van der Waals surface area contributed by atoms with Crippen LogP contribution in [0.2, 0.25) is 0 Å². The third-order valence-electron chi connectivity index (χ3n) is 11.7. The van der Waals surface area contributed by atoms with E-state index in [1.807, 2.05) is 20.8 Å². The minimum atomic E-state index is -3.56. The van der Waals surface area contributed by atoms with E-state index in [1.54, 1.807) is 25.7 Å². The zero-order valence-electron chi connectivity index (χ0n) is 30.2. The van der Waals surface area contributed by atoms with E-state index < -0.39 is 67.3 Å². The second kappa shape index (κ2) is 13.3. The Hall–Kier alpha value is -2.96. The lowest BCUT2D eigenvalue weighted by atomic mass is 9.83. The van der Waals surface area contributed by atoms with Crippen LogP contribution in [0.25, 0.3) is 0 Å². The Labute approximate surface area is 291 Å². The van der Waals surface area contributed by atoms with Gasteiger partial charge in [0, 0.05) is 13.1 Å². The first-order valence-corrected chi connectivity index (χ1v) is 19.8. The molecule has 13 heteroatoms. The molecule has 4 aliphatic carbocycles. The minimum absolute atomic E-state index is 0.0368. The standard InChI is InChI=1S/C36H57N5O7S/c1-8-18-37-30(44)27(42)24(19-22-12-13-22)38-29(43)26-25-23(36(25)16-17-36)20-41(26)31(45)28(33(2,3)4)39-32(46)40-35(14-10-9-11-15-35)21-49(47,48)34(5,6)7/h8,22-26,28H,1,9-21H2,2-7H3,(H,37,44)(H,38,43)(H2,39,40,46)/t23-,24?,25-,26-,28+/m0/s1. The second-order valence-electron chi connectivity index (χ2n) is 17.5. The topological polar surface area (TPSA) is 171 Å². The quantitative estimate of drug-likeness (QED) is 0.169. The average Bonchev–Trinajstić information content (AvgIpc) is 3.97. The Bertz CT molecular complexity index is 1460. The maximum Gasteiger partial charge on any atom is 0.315 e. The Balaban J connectivity index is 1.34. The molecule has 1 aliphatic heterocycles. The maximum absolute atomic E-state index is 14.5. The van der Waals surface area contributed by atoms with Crippen LogP contribution in [0, 0.1) is 28.6 Å². The van der Waals surface area contributed by atoms with Gasteiger partial charge in [-0.25, -0.2) is 13.2 Å². The molecular weight excluding hydrogens is 646 g/mol. The summed E-state index contributed by atoms with van der Waals surface area (Å²) in [5.74, 6) is -2.11. The molecule has 5 rings (SSSR count). The number of hydrogen-bond donors (Lipinski definition) is 4. The molecule has 0 aromatic heterocycles. The number of hydrogen-bond acceptors (Lipinski definition) is 7. The van der Waals surface area contributed by atoms with E-state index in [4.69, 9.17) is 0 Å². The van der Waals surface area contributed by atoms with Gasteiger partial charge in [-0.05, 0) is 81.5 Å². The third-order valence-corrected chi connectivity index (χ3v) is 14.5. The van der Waals surface area contributed by atoms with Crippen molar-refractivity contribution in [2.45, 2.75) is 134 Å². The smallest absolute Gasteiger partial charge is 0.315 e. The fourth-order valence-electron chi connectivity index (χ4n) is 8.26. The summed E-state index contributed by atoms with van der Waals surface area (Å²) in [6.45, 7) is 14.6. The van der Waals surface area contributed by atoms with Crippen molar-refractivity contribution >= 4 is 39.4 Å². The van der Waals surface area contributed by atoms with Gasteiger partial charge in [0.1, 0.15) is 12.1 Å². The zero-order valence-corrected chi connectivity index (χ0v) is 31.0. The summed E-state index contributed by atoms with van der Waals surface area (Å²) in [6.07, 6.45) is 9.27. The molecule has 5 aliphatic rings. The van der Waals surface area contributed by atoms with Crippen molar-refractivity contribution in [1.29, 1.82) is 0 Å². The molecule has 5 amide bonds. The molecule has 1 heterocycles. The highest BCUT2D eigenvalue weighted by molar-refractivity contribution is 7.92. The molecule has 4 saturated carbocycles. The number of likely N-dealkylation sites (tertiary alicyclic amines) is 1. The van der Waals surface area contributed by atoms with E-state index in [2.05, 4.69) is 27.8 Å². The fourth-order valence-corrected chi connectivity index (χ4v) is 9.79. The van der Waals surface area contributed by atoms with Crippen LogP contribution in [0.4, 0.5) is 4.79 Å².